The van der Waals surface area contributed by atoms with Crippen molar-refractivity contribution < 1.29 is 0 Å². The molecule has 0 spiro atoms. The van der Waals surface area contributed by atoms with Gasteiger partial charge in [0.1, 0.15) is 11.9 Å². The topological polar surface area (TPSA) is 69.2 Å². The van der Waals surface area contributed by atoms with Crippen molar-refractivity contribution in [3.05, 3.63) is 102 Å². The van der Waals surface area contributed by atoms with Crippen LogP contribution in [-0.4, -0.2) is 25.9 Å². The average molecular weight is 475 g/mol. The van der Waals surface area contributed by atoms with Crippen LogP contribution >= 0.6 is 12.2 Å². The van der Waals surface area contributed by atoms with Gasteiger partial charge in [0, 0.05) is 17.3 Å². The summed E-state index contributed by atoms with van der Waals surface area (Å²) in [7, 11) is 0. The molecule has 1 aliphatic heterocycles. The van der Waals surface area contributed by atoms with Crippen molar-refractivity contribution in [1.29, 1.82) is 0 Å². The number of amidine groups is 1. The molecule has 170 valence electrons. The lowest BCUT2D eigenvalue weighted by molar-refractivity contribution is 0.707. The van der Waals surface area contributed by atoms with Crippen molar-refractivity contribution in [3.8, 4) is 0 Å². The number of pyridine rings is 1. The number of aromatic nitrogens is 3. The highest BCUT2D eigenvalue weighted by atomic mass is 32.1. The summed E-state index contributed by atoms with van der Waals surface area (Å²) >= 11 is 5.91. The van der Waals surface area contributed by atoms with Crippen molar-refractivity contribution in [3.63, 3.8) is 0 Å². The summed E-state index contributed by atoms with van der Waals surface area (Å²) in [5, 5.41) is 5.20. The molecule has 7 heteroatoms. The fourth-order valence-electron chi connectivity index (χ4n) is 5.40. The molecule has 2 N–H and O–H groups in total. The first-order chi connectivity index (χ1) is 17.3. The molecule has 7 rings (SSSR count). The molecule has 2 unspecified atom stereocenters. The third-order valence-electron chi connectivity index (χ3n) is 7.03. The maximum absolute atomic E-state index is 5.91. The van der Waals surface area contributed by atoms with Crippen molar-refractivity contribution in [2.24, 2.45) is 4.99 Å². The summed E-state index contributed by atoms with van der Waals surface area (Å²) in [6.07, 6.45) is 5.63. The molecule has 3 aromatic carbocycles. The standard InChI is InChI=1S/C28H22N6S/c35-28-33-27(32-23-11-9-17-5-1-2-6-19(17)23)26(21-13-14-29-22-8-4-3-7-20(21)22)34(28)18-10-12-24-25(15-18)31-16-30-24/h1-8,10,12-16,23,26H,9,11H2,(H,30,31)(H,32,33,35). The summed E-state index contributed by atoms with van der Waals surface area (Å²) in [4.78, 5) is 19.7. The number of para-hydroxylation sites is 1. The van der Waals surface area contributed by atoms with E-state index in [0.717, 1.165) is 51.9 Å². The van der Waals surface area contributed by atoms with Crippen molar-refractivity contribution in [1.82, 2.24) is 20.3 Å². The zero-order valence-corrected chi connectivity index (χ0v) is 19.7. The van der Waals surface area contributed by atoms with Crippen LogP contribution in [0.5, 0.6) is 0 Å². The van der Waals surface area contributed by atoms with E-state index in [1.165, 1.54) is 11.1 Å². The summed E-state index contributed by atoms with van der Waals surface area (Å²) in [6, 6.07) is 25.1. The monoisotopic (exact) mass is 474 g/mol. The zero-order valence-electron chi connectivity index (χ0n) is 18.8. The summed E-state index contributed by atoms with van der Waals surface area (Å²) in [5.74, 6) is 0.871. The van der Waals surface area contributed by atoms with Gasteiger partial charge in [-0.2, -0.15) is 0 Å². The predicted molar refractivity (Wildman–Crippen MR) is 144 cm³/mol. The maximum Gasteiger partial charge on any atom is 0.179 e. The molecule has 0 saturated carbocycles. The van der Waals surface area contributed by atoms with Gasteiger partial charge in [0.2, 0.25) is 0 Å². The van der Waals surface area contributed by atoms with Gasteiger partial charge in [-0.1, -0.05) is 42.5 Å². The number of aromatic amines is 1. The first-order valence-electron chi connectivity index (χ1n) is 11.8. The van der Waals surface area contributed by atoms with Crippen LogP contribution in [0.4, 0.5) is 5.69 Å². The normalized spacial score (nSPS) is 20.6. The van der Waals surface area contributed by atoms with Gasteiger partial charge in [0.05, 0.1) is 28.9 Å². The van der Waals surface area contributed by atoms with E-state index in [1.54, 1.807) is 6.33 Å². The molecule has 2 atom stereocenters. The molecule has 35 heavy (non-hydrogen) atoms. The Labute approximate surface area is 207 Å². The van der Waals surface area contributed by atoms with Gasteiger partial charge in [-0.3, -0.25) is 9.98 Å². The van der Waals surface area contributed by atoms with E-state index in [1.807, 2.05) is 24.4 Å². The van der Waals surface area contributed by atoms with Gasteiger partial charge < -0.3 is 15.2 Å². The van der Waals surface area contributed by atoms with Gasteiger partial charge in [-0.05, 0) is 72.1 Å². The number of hydrogen-bond donors (Lipinski definition) is 2. The minimum atomic E-state index is -0.195. The fourth-order valence-corrected chi connectivity index (χ4v) is 5.71. The molecular weight excluding hydrogens is 452 g/mol. The van der Waals surface area contributed by atoms with Crippen LogP contribution in [-0.2, 0) is 6.42 Å². The highest BCUT2D eigenvalue weighted by Gasteiger charge is 2.38. The Morgan fingerprint density at radius 1 is 0.914 bits per heavy atom. The number of anilines is 1. The van der Waals surface area contributed by atoms with Gasteiger partial charge in [0.25, 0.3) is 0 Å². The molecular formula is C28H22N6S. The van der Waals surface area contributed by atoms with E-state index < -0.39 is 0 Å². The van der Waals surface area contributed by atoms with Gasteiger partial charge in [-0.25, -0.2) is 4.98 Å². The minimum Gasteiger partial charge on any atom is -0.345 e. The smallest absolute Gasteiger partial charge is 0.179 e. The number of hydrogen-bond acceptors (Lipinski definition) is 4. The van der Waals surface area contributed by atoms with E-state index in [4.69, 9.17) is 17.2 Å². The number of benzene rings is 3. The predicted octanol–water partition coefficient (Wildman–Crippen LogP) is 5.63. The first kappa shape index (κ1) is 20.3. The Hall–Kier alpha value is -4.10. The molecule has 0 amide bonds. The second kappa shape index (κ2) is 7.99. The number of imidazole rings is 1. The molecule has 2 aliphatic rings. The SMILES string of the molecule is S=C1N/C(=N/C2CCc3ccccc32)C(c2ccnc3ccccc23)N1c1ccc2[nH]cnc2c1. The molecule has 5 aromatic rings. The lowest BCUT2D eigenvalue weighted by Gasteiger charge is -2.26. The molecule has 1 aliphatic carbocycles. The third kappa shape index (κ3) is 3.31. The summed E-state index contributed by atoms with van der Waals surface area (Å²) in [5.41, 5.74) is 7.64. The molecule has 2 aromatic heterocycles. The van der Waals surface area contributed by atoms with E-state index >= 15 is 0 Å². The highest BCUT2D eigenvalue weighted by molar-refractivity contribution is 7.80. The second-order valence-corrected chi connectivity index (χ2v) is 9.38. The Morgan fingerprint density at radius 3 is 2.77 bits per heavy atom. The second-order valence-electron chi connectivity index (χ2n) is 8.99. The number of thiocarbonyl (C=S) groups is 1. The van der Waals surface area contributed by atoms with Gasteiger partial charge >= 0.3 is 0 Å². The highest BCUT2D eigenvalue weighted by Crippen LogP contribution is 2.39. The Morgan fingerprint density at radius 2 is 1.80 bits per heavy atom. The number of nitrogens with one attached hydrogen (secondary N) is 2. The molecule has 1 fully saturated rings. The van der Waals surface area contributed by atoms with Crippen molar-refractivity contribution in [2.45, 2.75) is 24.9 Å². The van der Waals surface area contributed by atoms with E-state index in [-0.39, 0.29) is 12.1 Å². The van der Waals surface area contributed by atoms with E-state index in [9.17, 15) is 0 Å². The Kier molecular flexibility index (Phi) is 4.63. The minimum absolute atomic E-state index is 0.112. The first-order valence-corrected chi connectivity index (χ1v) is 12.2. The summed E-state index contributed by atoms with van der Waals surface area (Å²) in [6.45, 7) is 0. The average Bonchev–Trinajstić information content (AvgIpc) is 3.61. The number of H-pyrrole nitrogens is 1. The number of aliphatic imine (C=N–C) groups is 1. The zero-order chi connectivity index (χ0) is 23.4. The number of aryl methyl sites for hydroxylation is 1. The van der Waals surface area contributed by atoms with Crippen LogP contribution < -0.4 is 10.2 Å². The van der Waals surface area contributed by atoms with Crippen LogP contribution in [0.25, 0.3) is 21.9 Å². The number of nitrogens with zero attached hydrogens (tertiary/aromatic N) is 4. The maximum atomic E-state index is 5.91. The van der Waals surface area contributed by atoms with E-state index in [2.05, 4.69) is 79.8 Å². The fraction of sp³-hybridized carbons (Fsp3) is 0.143. The van der Waals surface area contributed by atoms with Crippen LogP contribution in [0.2, 0.25) is 0 Å². The van der Waals surface area contributed by atoms with Crippen molar-refractivity contribution >= 4 is 50.8 Å². The lowest BCUT2D eigenvalue weighted by Crippen LogP contribution is -2.29. The summed E-state index contributed by atoms with van der Waals surface area (Å²) < 4.78 is 0. The van der Waals surface area contributed by atoms with Crippen molar-refractivity contribution in [2.75, 3.05) is 4.90 Å². The molecule has 1 saturated heterocycles. The quantitative estimate of drug-likeness (QED) is 0.332. The van der Waals surface area contributed by atoms with Crippen LogP contribution in [0.15, 0.2) is 90.3 Å². The molecule has 3 heterocycles. The molecule has 6 nitrogen and oxygen atoms in total. The lowest BCUT2D eigenvalue weighted by atomic mass is 10.00. The van der Waals surface area contributed by atoms with Gasteiger partial charge in [-0.15, -0.1) is 0 Å². The van der Waals surface area contributed by atoms with Crippen LogP contribution in [0.1, 0.15) is 35.2 Å². The third-order valence-corrected chi connectivity index (χ3v) is 7.33. The van der Waals surface area contributed by atoms with Crippen LogP contribution in [0.3, 0.4) is 0 Å². The number of fused-ring (bicyclic) bond motifs is 3. The molecule has 0 radical (unpaired) electrons. The largest absolute Gasteiger partial charge is 0.345 e. The Balaban J connectivity index is 1.41. The number of rotatable bonds is 3. The van der Waals surface area contributed by atoms with E-state index in [0.29, 0.717) is 5.11 Å². The Bertz CT molecular complexity index is 1630. The molecule has 0 bridgehead atoms. The van der Waals surface area contributed by atoms with Gasteiger partial charge in [0.15, 0.2) is 5.11 Å². The van der Waals surface area contributed by atoms with Crippen LogP contribution in [0, 0.1) is 0 Å².